The minimum Gasteiger partial charge on any atom is -0.244 e. The molecule has 2 heterocycles. The molecular weight excluding hydrogens is 378 g/mol. The summed E-state index contributed by atoms with van der Waals surface area (Å²) < 4.78 is 2.22. The first-order chi connectivity index (χ1) is 14.6. The van der Waals surface area contributed by atoms with Gasteiger partial charge in [0.05, 0.1) is 5.52 Å². The zero-order chi connectivity index (χ0) is 22.1. The van der Waals surface area contributed by atoms with Gasteiger partial charge in [0.15, 0.2) is 6.20 Å². The normalized spacial score (nSPS) is 16.1. The van der Waals surface area contributed by atoms with Crippen LogP contribution < -0.4 is 4.57 Å². The first-order valence-electron chi connectivity index (χ1n) is 11.0. The van der Waals surface area contributed by atoms with Gasteiger partial charge in [0, 0.05) is 29.3 Å². The monoisotopic (exact) mass is 408 g/mol. The number of aromatic nitrogens is 3. The molecule has 0 atom stereocenters. The maximum Gasteiger partial charge on any atom is 0.212 e. The van der Waals surface area contributed by atoms with Gasteiger partial charge in [-0.2, -0.15) is 0 Å². The van der Waals surface area contributed by atoms with Crippen LogP contribution in [-0.4, -0.2) is 9.97 Å². The molecule has 0 saturated carbocycles. The topological polar surface area (TPSA) is 29.7 Å². The van der Waals surface area contributed by atoms with Crippen molar-refractivity contribution in [2.45, 2.75) is 52.4 Å². The summed E-state index contributed by atoms with van der Waals surface area (Å²) in [5.41, 5.74) is 11.5. The Balaban J connectivity index is 1.88. The van der Waals surface area contributed by atoms with E-state index in [2.05, 4.69) is 106 Å². The lowest BCUT2D eigenvalue weighted by Gasteiger charge is -2.48. The van der Waals surface area contributed by atoms with Crippen LogP contribution in [0, 0.1) is 13.8 Å². The van der Waals surface area contributed by atoms with Gasteiger partial charge in [-0.25, -0.2) is 14.5 Å². The van der Waals surface area contributed by atoms with Crippen molar-refractivity contribution < 1.29 is 4.57 Å². The van der Waals surface area contributed by atoms with Crippen molar-refractivity contribution in [3.8, 4) is 22.4 Å². The second-order valence-electron chi connectivity index (χ2n) is 10.1. The van der Waals surface area contributed by atoms with Gasteiger partial charge < -0.3 is 0 Å². The van der Waals surface area contributed by atoms with Gasteiger partial charge in [-0.3, -0.25) is 0 Å². The van der Waals surface area contributed by atoms with Crippen LogP contribution in [0.15, 0.2) is 55.1 Å². The Morgan fingerprint density at radius 3 is 2.23 bits per heavy atom. The van der Waals surface area contributed by atoms with E-state index in [9.17, 15) is 0 Å². The molecule has 1 aliphatic rings. The van der Waals surface area contributed by atoms with Crippen LogP contribution in [0.2, 0.25) is 0 Å². The summed E-state index contributed by atoms with van der Waals surface area (Å²) in [5, 5.41) is 1.10. The maximum atomic E-state index is 4.55. The Hall–Kier alpha value is -3.07. The van der Waals surface area contributed by atoms with Crippen LogP contribution in [0.25, 0.3) is 33.3 Å². The predicted molar refractivity (Wildman–Crippen MR) is 127 cm³/mol. The van der Waals surface area contributed by atoms with E-state index in [0.717, 1.165) is 10.9 Å². The van der Waals surface area contributed by atoms with Crippen molar-refractivity contribution >= 4 is 10.9 Å². The zero-order valence-corrected chi connectivity index (χ0v) is 19.5. The first kappa shape index (κ1) is 19.9. The lowest BCUT2D eigenvalue weighted by atomic mass is 9.55. The zero-order valence-electron chi connectivity index (χ0n) is 19.5. The van der Waals surface area contributed by atoms with Crippen LogP contribution in [0.1, 0.15) is 49.9 Å². The molecule has 5 rings (SSSR count). The van der Waals surface area contributed by atoms with Gasteiger partial charge in [-0.1, -0.05) is 33.8 Å². The van der Waals surface area contributed by atoms with Crippen molar-refractivity contribution in [2.75, 3.05) is 0 Å². The summed E-state index contributed by atoms with van der Waals surface area (Å²) in [7, 11) is 2.12. The standard InChI is InChI=1S/C28H30N3/c1-17-8-9-31(7)26(10-17)20-13-21-22-14-25-19(15-29-16-30-25)12-24(22)28(5,6)27(3,4)23(21)11-18(20)2/h8-16H,1-7H3/q+1. The van der Waals surface area contributed by atoms with Crippen LogP contribution in [0.3, 0.4) is 0 Å². The third kappa shape index (κ3) is 2.76. The van der Waals surface area contributed by atoms with E-state index in [-0.39, 0.29) is 10.8 Å². The summed E-state index contributed by atoms with van der Waals surface area (Å²) in [6, 6.07) is 13.8. The molecule has 0 aliphatic heterocycles. The molecule has 2 aromatic heterocycles. The molecule has 0 unspecified atom stereocenters. The maximum absolute atomic E-state index is 4.55. The van der Waals surface area contributed by atoms with Crippen LogP contribution in [-0.2, 0) is 17.9 Å². The molecule has 0 saturated heterocycles. The van der Waals surface area contributed by atoms with Gasteiger partial charge >= 0.3 is 0 Å². The number of fused-ring (bicyclic) bond motifs is 4. The second-order valence-corrected chi connectivity index (χ2v) is 10.1. The van der Waals surface area contributed by atoms with E-state index in [1.165, 1.54) is 44.6 Å². The molecule has 1 aliphatic carbocycles. The number of benzene rings is 2. The minimum atomic E-state index is -0.0265. The summed E-state index contributed by atoms with van der Waals surface area (Å²) in [5.74, 6) is 0. The van der Waals surface area contributed by atoms with E-state index in [0.29, 0.717) is 0 Å². The highest BCUT2D eigenvalue weighted by Crippen LogP contribution is 2.55. The quantitative estimate of drug-likeness (QED) is 0.363. The summed E-state index contributed by atoms with van der Waals surface area (Å²) >= 11 is 0. The summed E-state index contributed by atoms with van der Waals surface area (Å²) in [4.78, 5) is 8.81. The summed E-state index contributed by atoms with van der Waals surface area (Å²) in [6.07, 6.45) is 5.71. The number of pyridine rings is 1. The van der Waals surface area contributed by atoms with Gasteiger partial charge in [-0.15, -0.1) is 0 Å². The number of hydrogen-bond acceptors (Lipinski definition) is 2. The molecule has 2 aromatic carbocycles. The van der Waals surface area contributed by atoms with Gasteiger partial charge in [0.25, 0.3) is 0 Å². The molecule has 3 heteroatoms. The van der Waals surface area contributed by atoms with Crippen LogP contribution >= 0.6 is 0 Å². The second kappa shape index (κ2) is 6.46. The van der Waals surface area contributed by atoms with Crippen LogP contribution in [0.4, 0.5) is 0 Å². The Kier molecular flexibility index (Phi) is 4.14. The summed E-state index contributed by atoms with van der Waals surface area (Å²) in [6.45, 7) is 13.9. The smallest absolute Gasteiger partial charge is 0.212 e. The Morgan fingerprint density at radius 2 is 1.48 bits per heavy atom. The molecule has 4 aromatic rings. The predicted octanol–water partition coefficient (Wildman–Crippen LogP) is 5.97. The van der Waals surface area contributed by atoms with Crippen molar-refractivity contribution in [3.63, 3.8) is 0 Å². The molecule has 156 valence electrons. The molecule has 0 bridgehead atoms. The van der Waals surface area contributed by atoms with Crippen molar-refractivity contribution in [1.82, 2.24) is 9.97 Å². The fourth-order valence-electron chi connectivity index (χ4n) is 5.11. The average molecular weight is 409 g/mol. The van der Waals surface area contributed by atoms with Gasteiger partial charge in [0.2, 0.25) is 5.69 Å². The van der Waals surface area contributed by atoms with E-state index in [1.54, 1.807) is 6.33 Å². The fourth-order valence-corrected chi connectivity index (χ4v) is 5.11. The number of hydrogen-bond donors (Lipinski definition) is 0. The van der Waals surface area contributed by atoms with Crippen molar-refractivity contribution in [3.05, 3.63) is 77.4 Å². The average Bonchev–Trinajstić information content (AvgIpc) is 2.73. The molecule has 0 fully saturated rings. The fraction of sp³-hybridized carbons (Fsp3) is 0.321. The minimum absolute atomic E-state index is 0.0171. The SMILES string of the molecule is Cc1cc[n+](C)c(-c2cc3c(cc2C)C(C)(C)C(C)(C)c2cc4cncnc4cc2-3)c1. The highest BCUT2D eigenvalue weighted by atomic mass is 14.9. The highest BCUT2D eigenvalue weighted by Gasteiger charge is 2.46. The van der Waals surface area contributed by atoms with Gasteiger partial charge in [0.1, 0.15) is 13.4 Å². The molecule has 0 amide bonds. The molecule has 31 heavy (non-hydrogen) atoms. The number of nitrogens with zero attached hydrogens (tertiary/aromatic N) is 3. The number of rotatable bonds is 1. The Labute approximate surface area is 184 Å². The van der Waals surface area contributed by atoms with Crippen LogP contribution in [0.5, 0.6) is 0 Å². The van der Waals surface area contributed by atoms with E-state index in [4.69, 9.17) is 0 Å². The molecule has 0 N–H and O–H groups in total. The van der Waals surface area contributed by atoms with E-state index < -0.39 is 0 Å². The molecule has 3 nitrogen and oxygen atoms in total. The van der Waals surface area contributed by atoms with Crippen molar-refractivity contribution in [2.24, 2.45) is 7.05 Å². The Bertz CT molecular complexity index is 1360. The molecule has 0 radical (unpaired) electrons. The van der Waals surface area contributed by atoms with E-state index >= 15 is 0 Å². The third-order valence-electron chi connectivity index (χ3n) is 7.79. The molecular formula is C28H30N3+. The molecule has 0 spiro atoms. The largest absolute Gasteiger partial charge is 0.244 e. The first-order valence-corrected chi connectivity index (χ1v) is 11.0. The Morgan fingerprint density at radius 1 is 0.806 bits per heavy atom. The number of aryl methyl sites for hydroxylation is 3. The van der Waals surface area contributed by atoms with E-state index in [1.807, 2.05) is 6.20 Å². The lowest BCUT2D eigenvalue weighted by molar-refractivity contribution is -0.660. The lowest BCUT2D eigenvalue weighted by Crippen LogP contribution is -2.43. The van der Waals surface area contributed by atoms with Gasteiger partial charge in [-0.05, 0) is 76.3 Å². The highest BCUT2D eigenvalue weighted by molar-refractivity contribution is 5.90. The third-order valence-corrected chi connectivity index (χ3v) is 7.79. The van der Waals surface area contributed by atoms with Crippen molar-refractivity contribution in [1.29, 1.82) is 0 Å².